The maximum atomic E-state index is 13.2. The van der Waals surface area contributed by atoms with Crippen LogP contribution in [-0.2, 0) is 0 Å². The van der Waals surface area contributed by atoms with E-state index < -0.39 is 0 Å². The zero-order chi connectivity index (χ0) is 23.6. The highest BCUT2D eigenvalue weighted by molar-refractivity contribution is 5.93. The van der Waals surface area contributed by atoms with Gasteiger partial charge >= 0.3 is 0 Å². The summed E-state index contributed by atoms with van der Waals surface area (Å²) < 4.78 is 12.6. The number of amides is 1. The minimum atomic E-state index is -0.0843. The van der Waals surface area contributed by atoms with Gasteiger partial charge in [-0.3, -0.25) is 9.36 Å². The summed E-state index contributed by atoms with van der Waals surface area (Å²) in [5, 5.41) is 3.26. The summed E-state index contributed by atoms with van der Waals surface area (Å²) in [6, 6.07) is 14.1. The molecule has 174 valence electrons. The van der Waals surface area contributed by atoms with Gasteiger partial charge in [0.25, 0.3) is 5.91 Å². The molecule has 6 heteroatoms. The first-order valence-electron chi connectivity index (χ1n) is 11.5. The first-order valence-corrected chi connectivity index (χ1v) is 11.5. The van der Waals surface area contributed by atoms with Crippen molar-refractivity contribution >= 4 is 5.91 Å². The number of imidazole rings is 1. The molecule has 0 saturated heterocycles. The molecule has 2 unspecified atom stereocenters. The van der Waals surface area contributed by atoms with Gasteiger partial charge in [0.2, 0.25) is 0 Å². The number of carbonyl (C=O) groups is 1. The normalized spacial score (nSPS) is 19.7. The first-order chi connectivity index (χ1) is 15.8. The molecule has 2 atom stereocenters. The summed E-state index contributed by atoms with van der Waals surface area (Å²) in [4.78, 5) is 17.5. The Bertz CT molecular complexity index is 1140. The molecule has 0 radical (unpaired) electrons. The largest absolute Gasteiger partial charge is 0.493 e. The molecule has 2 aromatic carbocycles. The molecule has 1 heterocycles. The molecule has 1 aliphatic rings. The molecule has 6 nitrogen and oxygen atoms in total. The topological polar surface area (TPSA) is 65.4 Å². The Balaban J connectivity index is 1.58. The summed E-state index contributed by atoms with van der Waals surface area (Å²) in [7, 11) is 3.25. The number of nitrogens with one attached hydrogen (secondary N) is 1. The number of ether oxygens (including phenoxy) is 2. The van der Waals surface area contributed by atoms with Crippen LogP contribution in [0.3, 0.4) is 0 Å². The van der Waals surface area contributed by atoms with Gasteiger partial charge in [0.15, 0.2) is 11.5 Å². The number of nitrogens with zero attached hydrogens (tertiary/aromatic N) is 2. The maximum absolute atomic E-state index is 13.2. The lowest BCUT2D eigenvalue weighted by Crippen LogP contribution is -2.43. The van der Waals surface area contributed by atoms with E-state index in [2.05, 4.69) is 31.1 Å². The number of benzene rings is 2. The van der Waals surface area contributed by atoms with Gasteiger partial charge in [0.05, 0.1) is 26.7 Å². The average molecular weight is 448 g/mol. The summed E-state index contributed by atoms with van der Waals surface area (Å²) in [5.41, 5.74) is 3.66. The van der Waals surface area contributed by atoms with Gasteiger partial charge in [-0.2, -0.15) is 0 Å². The second kappa shape index (κ2) is 9.30. The van der Waals surface area contributed by atoms with E-state index in [1.54, 1.807) is 26.7 Å². The minimum Gasteiger partial charge on any atom is -0.493 e. The number of rotatable bonds is 6. The lowest BCUT2D eigenvalue weighted by molar-refractivity contribution is 0.0867. The fourth-order valence-electron chi connectivity index (χ4n) is 5.24. The van der Waals surface area contributed by atoms with Crippen LogP contribution in [0.1, 0.15) is 50.5 Å². The van der Waals surface area contributed by atoms with Crippen LogP contribution in [0.5, 0.6) is 11.5 Å². The standard InChI is InChI=1S/C27H33N3O3/c1-18-11-21(15-27(2,3)14-18)29-26(31)23-16-28-17-30(23)22-8-6-7-19(12-22)20-9-10-24(32-4)25(13-20)33-5/h6-10,12-13,16-18,21H,11,14-15H2,1-5H3,(H,29,31). The first kappa shape index (κ1) is 22.9. The summed E-state index contributed by atoms with van der Waals surface area (Å²) >= 11 is 0. The molecule has 33 heavy (non-hydrogen) atoms. The Morgan fingerprint density at radius 1 is 1.06 bits per heavy atom. The van der Waals surface area contributed by atoms with E-state index in [1.165, 1.54) is 6.42 Å². The van der Waals surface area contributed by atoms with Gasteiger partial charge in [0, 0.05) is 11.7 Å². The summed E-state index contributed by atoms with van der Waals surface area (Å²) in [6.45, 7) is 6.83. The van der Waals surface area contributed by atoms with Crippen molar-refractivity contribution in [3.63, 3.8) is 0 Å². The molecule has 0 spiro atoms. The highest BCUT2D eigenvalue weighted by Gasteiger charge is 2.33. The fourth-order valence-corrected chi connectivity index (χ4v) is 5.24. The van der Waals surface area contributed by atoms with E-state index in [1.807, 2.05) is 47.0 Å². The molecule has 1 aliphatic carbocycles. The summed E-state index contributed by atoms with van der Waals surface area (Å²) in [6.07, 6.45) is 6.52. The summed E-state index contributed by atoms with van der Waals surface area (Å²) in [5.74, 6) is 1.87. The lowest BCUT2D eigenvalue weighted by Gasteiger charge is -2.39. The number of aromatic nitrogens is 2. The predicted molar refractivity (Wildman–Crippen MR) is 130 cm³/mol. The van der Waals surface area contributed by atoms with Crippen LogP contribution in [0.15, 0.2) is 55.0 Å². The van der Waals surface area contributed by atoms with Crippen molar-refractivity contribution in [2.45, 2.75) is 46.1 Å². The zero-order valence-electron chi connectivity index (χ0n) is 20.1. The van der Waals surface area contributed by atoms with Crippen molar-refractivity contribution in [3.05, 3.63) is 60.7 Å². The molecule has 3 aromatic rings. The Kier molecular flexibility index (Phi) is 6.45. The highest BCUT2D eigenvalue weighted by atomic mass is 16.5. The van der Waals surface area contributed by atoms with Crippen LogP contribution in [0.25, 0.3) is 16.8 Å². The maximum Gasteiger partial charge on any atom is 0.270 e. The highest BCUT2D eigenvalue weighted by Crippen LogP contribution is 2.38. The van der Waals surface area contributed by atoms with E-state index in [0.717, 1.165) is 29.7 Å². The van der Waals surface area contributed by atoms with Crippen LogP contribution in [0, 0.1) is 11.3 Å². The molecule has 4 rings (SSSR count). The second-order valence-corrected chi connectivity index (χ2v) is 9.85. The molecular weight excluding hydrogens is 414 g/mol. The average Bonchev–Trinajstić information content (AvgIpc) is 3.27. The van der Waals surface area contributed by atoms with Gasteiger partial charge in [-0.05, 0) is 66.0 Å². The van der Waals surface area contributed by atoms with Crippen molar-refractivity contribution in [3.8, 4) is 28.3 Å². The van der Waals surface area contributed by atoms with Crippen LogP contribution in [0.4, 0.5) is 0 Å². The number of methoxy groups -OCH3 is 2. The van der Waals surface area contributed by atoms with Crippen molar-refractivity contribution < 1.29 is 14.3 Å². The van der Waals surface area contributed by atoms with Crippen LogP contribution in [0.2, 0.25) is 0 Å². The quantitative estimate of drug-likeness (QED) is 0.542. The second-order valence-electron chi connectivity index (χ2n) is 9.85. The lowest BCUT2D eigenvalue weighted by atomic mass is 9.70. The molecule has 1 amide bonds. The van der Waals surface area contributed by atoms with E-state index in [0.29, 0.717) is 23.1 Å². The van der Waals surface area contributed by atoms with Gasteiger partial charge in [-0.1, -0.05) is 39.0 Å². The van der Waals surface area contributed by atoms with Crippen LogP contribution < -0.4 is 14.8 Å². The van der Waals surface area contributed by atoms with E-state index in [-0.39, 0.29) is 17.4 Å². The zero-order valence-corrected chi connectivity index (χ0v) is 20.1. The molecule has 1 fully saturated rings. The van der Waals surface area contributed by atoms with Crippen molar-refractivity contribution in [1.29, 1.82) is 0 Å². The van der Waals surface area contributed by atoms with Gasteiger partial charge < -0.3 is 14.8 Å². The molecular formula is C27H33N3O3. The molecule has 0 bridgehead atoms. The Hall–Kier alpha value is -3.28. The minimum absolute atomic E-state index is 0.0843. The number of hydrogen-bond acceptors (Lipinski definition) is 4. The third-order valence-electron chi connectivity index (χ3n) is 6.43. The van der Waals surface area contributed by atoms with Crippen molar-refractivity contribution in [2.75, 3.05) is 14.2 Å². The third kappa shape index (κ3) is 5.05. The Morgan fingerprint density at radius 3 is 2.55 bits per heavy atom. The van der Waals surface area contributed by atoms with Crippen LogP contribution >= 0.6 is 0 Å². The number of hydrogen-bond donors (Lipinski definition) is 1. The third-order valence-corrected chi connectivity index (χ3v) is 6.43. The van der Waals surface area contributed by atoms with Crippen molar-refractivity contribution in [2.24, 2.45) is 11.3 Å². The predicted octanol–water partition coefficient (Wildman–Crippen LogP) is 5.50. The fraction of sp³-hybridized carbons (Fsp3) is 0.407. The molecule has 1 N–H and O–H groups in total. The van der Waals surface area contributed by atoms with E-state index in [4.69, 9.17) is 9.47 Å². The number of carbonyl (C=O) groups excluding carboxylic acids is 1. The Labute approximate surface area is 195 Å². The van der Waals surface area contributed by atoms with Gasteiger partial charge in [0.1, 0.15) is 5.69 Å². The Morgan fingerprint density at radius 2 is 1.82 bits per heavy atom. The van der Waals surface area contributed by atoms with Gasteiger partial charge in [-0.15, -0.1) is 0 Å². The van der Waals surface area contributed by atoms with Crippen molar-refractivity contribution in [1.82, 2.24) is 14.9 Å². The van der Waals surface area contributed by atoms with Crippen LogP contribution in [-0.4, -0.2) is 35.7 Å². The SMILES string of the molecule is COc1ccc(-c2cccc(-n3cncc3C(=O)NC3CC(C)CC(C)(C)C3)c2)cc1OC. The smallest absolute Gasteiger partial charge is 0.270 e. The van der Waals surface area contributed by atoms with E-state index >= 15 is 0 Å². The van der Waals surface area contributed by atoms with E-state index in [9.17, 15) is 4.79 Å². The molecule has 0 aliphatic heterocycles. The monoisotopic (exact) mass is 447 g/mol. The molecule has 1 aromatic heterocycles. The van der Waals surface area contributed by atoms with Gasteiger partial charge in [-0.25, -0.2) is 4.98 Å². The molecule has 1 saturated carbocycles.